The van der Waals surface area contributed by atoms with Gasteiger partial charge in [0.15, 0.2) is 6.61 Å². The normalized spacial score (nSPS) is 10.3. The van der Waals surface area contributed by atoms with Gasteiger partial charge >= 0.3 is 0 Å². The lowest BCUT2D eigenvalue weighted by Gasteiger charge is -2.06. The van der Waals surface area contributed by atoms with Crippen LogP contribution in [-0.4, -0.2) is 18.7 Å². The zero-order chi connectivity index (χ0) is 16.7. The summed E-state index contributed by atoms with van der Waals surface area (Å²) in [6.07, 6.45) is 1.35. The minimum absolute atomic E-state index is 0.272. The van der Waals surface area contributed by atoms with Crippen molar-refractivity contribution in [2.45, 2.75) is 0 Å². The second-order valence-electron chi connectivity index (χ2n) is 4.33. The van der Waals surface area contributed by atoms with Crippen molar-refractivity contribution < 1.29 is 9.53 Å². The van der Waals surface area contributed by atoms with Gasteiger partial charge in [-0.3, -0.25) is 4.79 Å². The third-order valence-corrected chi connectivity index (χ3v) is 3.41. The Morgan fingerprint density at radius 1 is 1.22 bits per heavy atom. The molecular weight excluding hydrogens is 337 g/mol. The SMILES string of the molecule is N#Cc1ccccc1OCC(=O)NN=Cc1c(Cl)cccc1Cl. The highest BCUT2D eigenvalue weighted by atomic mass is 35.5. The van der Waals surface area contributed by atoms with Crippen molar-refractivity contribution in [3.8, 4) is 11.8 Å². The summed E-state index contributed by atoms with van der Waals surface area (Å²) in [5.74, 6) is -0.138. The maximum atomic E-state index is 11.7. The summed E-state index contributed by atoms with van der Waals surface area (Å²) in [6, 6.07) is 13.7. The number of amides is 1. The fourth-order valence-electron chi connectivity index (χ4n) is 1.66. The zero-order valence-electron chi connectivity index (χ0n) is 11.8. The molecule has 2 aromatic carbocycles. The number of carbonyl (C=O) groups excluding carboxylic acids is 1. The first kappa shape index (κ1) is 16.8. The Labute approximate surface area is 143 Å². The molecule has 0 aromatic heterocycles. The molecule has 5 nitrogen and oxygen atoms in total. The van der Waals surface area contributed by atoms with E-state index in [9.17, 15) is 4.79 Å². The molecule has 1 amide bonds. The average Bonchev–Trinajstić information content (AvgIpc) is 2.56. The number of rotatable bonds is 5. The fraction of sp³-hybridized carbons (Fsp3) is 0.0625. The number of nitrogens with one attached hydrogen (secondary N) is 1. The van der Waals surface area contributed by atoms with Gasteiger partial charge in [-0.2, -0.15) is 10.4 Å². The van der Waals surface area contributed by atoms with E-state index >= 15 is 0 Å². The molecule has 0 heterocycles. The van der Waals surface area contributed by atoms with Crippen molar-refractivity contribution in [1.29, 1.82) is 5.26 Å². The predicted molar refractivity (Wildman–Crippen MR) is 88.9 cm³/mol. The number of carbonyl (C=O) groups is 1. The first-order valence-corrected chi connectivity index (χ1v) is 7.25. The molecule has 0 saturated carbocycles. The number of hydrogen-bond acceptors (Lipinski definition) is 4. The molecule has 0 saturated heterocycles. The monoisotopic (exact) mass is 347 g/mol. The lowest BCUT2D eigenvalue weighted by molar-refractivity contribution is -0.123. The zero-order valence-corrected chi connectivity index (χ0v) is 13.3. The summed E-state index contributed by atoms with van der Waals surface area (Å²) in [4.78, 5) is 11.7. The molecule has 0 unspecified atom stereocenters. The van der Waals surface area contributed by atoms with Gasteiger partial charge in [0.25, 0.3) is 5.91 Å². The number of halogens is 2. The Morgan fingerprint density at radius 2 is 1.91 bits per heavy atom. The van der Waals surface area contributed by atoms with Crippen LogP contribution in [0.1, 0.15) is 11.1 Å². The van der Waals surface area contributed by atoms with E-state index in [4.69, 9.17) is 33.2 Å². The van der Waals surface area contributed by atoms with Gasteiger partial charge < -0.3 is 4.74 Å². The van der Waals surface area contributed by atoms with E-state index in [1.54, 1.807) is 42.5 Å². The number of para-hydroxylation sites is 1. The second kappa shape index (κ2) is 8.18. The second-order valence-corrected chi connectivity index (χ2v) is 5.14. The molecule has 2 aromatic rings. The van der Waals surface area contributed by atoms with E-state index in [2.05, 4.69) is 10.5 Å². The molecule has 7 heteroatoms. The first-order chi connectivity index (χ1) is 11.1. The summed E-state index contributed by atoms with van der Waals surface area (Å²) >= 11 is 12.0. The van der Waals surface area contributed by atoms with Crippen LogP contribution in [0.15, 0.2) is 47.6 Å². The van der Waals surface area contributed by atoms with Crippen LogP contribution in [0, 0.1) is 11.3 Å². The Hall–Kier alpha value is -2.55. The number of hydrazone groups is 1. The van der Waals surface area contributed by atoms with E-state index in [1.807, 2.05) is 6.07 Å². The van der Waals surface area contributed by atoms with E-state index in [0.717, 1.165) is 0 Å². The van der Waals surface area contributed by atoms with Gasteiger partial charge in [0, 0.05) is 5.56 Å². The summed E-state index contributed by atoms with van der Waals surface area (Å²) in [7, 11) is 0. The topological polar surface area (TPSA) is 74.5 Å². The lowest BCUT2D eigenvalue weighted by atomic mass is 10.2. The van der Waals surface area contributed by atoms with Crippen LogP contribution >= 0.6 is 23.2 Å². The summed E-state index contributed by atoms with van der Waals surface area (Å²) < 4.78 is 5.28. The van der Waals surface area contributed by atoms with Crippen LogP contribution < -0.4 is 10.2 Å². The minimum Gasteiger partial charge on any atom is -0.482 e. The Kier molecular flexibility index (Phi) is 5.98. The van der Waals surface area contributed by atoms with Gasteiger partial charge in [-0.25, -0.2) is 5.43 Å². The smallest absolute Gasteiger partial charge is 0.277 e. The highest BCUT2D eigenvalue weighted by molar-refractivity contribution is 6.38. The van der Waals surface area contributed by atoms with Crippen molar-refractivity contribution >= 4 is 35.3 Å². The number of benzene rings is 2. The highest BCUT2D eigenvalue weighted by Crippen LogP contribution is 2.22. The minimum atomic E-state index is -0.475. The molecule has 1 N–H and O–H groups in total. The molecule has 0 aliphatic carbocycles. The highest BCUT2D eigenvalue weighted by Gasteiger charge is 2.06. The molecule has 0 spiro atoms. The van der Waals surface area contributed by atoms with Crippen molar-refractivity contribution in [1.82, 2.24) is 5.43 Å². The lowest BCUT2D eigenvalue weighted by Crippen LogP contribution is -2.24. The van der Waals surface area contributed by atoms with Crippen LogP contribution in [0.3, 0.4) is 0 Å². The molecule has 0 bridgehead atoms. The number of ether oxygens (including phenoxy) is 1. The molecular formula is C16H11Cl2N3O2. The van der Waals surface area contributed by atoms with Crippen LogP contribution in [0.4, 0.5) is 0 Å². The summed E-state index contributed by atoms with van der Waals surface area (Å²) in [6.45, 7) is -0.272. The third kappa shape index (κ3) is 4.71. The van der Waals surface area contributed by atoms with Crippen molar-refractivity contribution in [3.63, 3.8) is 0 Å². The van der Waals surface area contributed by atoms with E-state index < -0.39 is 5.91 Å². The molecule has 2 rings (SSSR count). The van der Waals surface area contributed by atoms with Gasteiger partial charge in [-0.1, -0.05) is 41.4 Å². The van der Waals surface area contributed by atoms with Crippen molar-refractivity contribution in [2.75, 3.05) is 6.61 Å². The van der Waals surface area contributed by atoms with Crippen molar-refractivity contribution in [3.05, 3.63) is 63.6 Å². The van der Waals surface area contributed by atoms with Gasteiger partial charge in [0.1, 0.15) is 11.8 Å². The predicted octanol–water partition coefficient (Wildman–Crippen LogP) is 3.39. The van der Waals surface area contributed by atoms with Gasteiger partial charge in [-0.15, -0.1) is 0 Å². The Balaban J connectivity index is 1.91. The number of nitriles is 1. The molecule has 0 radical (unpaired) electrons. The van der Waals surface area contributed by atoms with E-state index in [1.165, 1.54) is 6.21 Å². The molecule has 116 valence electrons. The van der Waals surface area contributed by atoms with Crippen LogP contribution in [0.2, 0.25) is 10.0 Å². The summed E-state index contributed by atoms with van der Waals surface area (Å²) in [5, 5.41) is 13.6. The maximum Gasteiger partial charge on any atom is 0.277 e. The van der Waals surface area contributed by atoms with E-state index in [-0.39, 0.29) is 6.61 Å². The largest absolute Gasteiger partial charge is 0.482 e. The summed E-state index contributed by atoms with van der Waals surface area (Å²) in [5.41, 5.74) is 3.16. The molecule has 23 heavy (non-hydrogen) atoms. The first-order valence-electron chi connectivity index (χ1n) is 6.49. The van der Waals surface area contributed by atoms with Crippen LogP contribution in [0.25, 0.3) is 0 Å². The maximum absolute atomic E-state index is 11.7. The Bertz CT molecular complexity index is 765. The standard InChI is InChI=1S/C16H11Cl2N3O2/c17-13-5-3-6-14(18)12(13)9-20-21-16(22)10-23-15-7-2-1-4-11(15)8-19/h1-7,9H,10H2,(H,21,22). The Morgan fingerprint density at radius 3 is 2.61 bits per heavy atom. The molecule has 0 aliphatic heterocycles. The number of nitrogens with zero attached hydrogens (tertiary/aromatic N) is 2. The molecule has 0 aliphatic rings. The van der Waals surface area contributed by atoms with Crippen LogP contribution in [0.5, 0.6) is 5.75 Å². The van der Waals surface area contributed by atoms with Gasteiger partial charge in [0.05, 0.1) is 21.8 Å². The molecule has 0 atom stereocenters. The quantitative estimate of drug-likeness (QED) is 0.665. The van der Waals surface area contributed by atoms with Gasteiger partial charge in [-0.05, 0) is 24.3 Å². The molecule has 0 fully saturated rings. The third-order valence-electron chi connectivity index (χ3n) is 2.75. The van der Waals surface area contributed by atoms with Crippen molar-refractivity contribution in [2.24, 2.45) is 5.10 Å². The average molecular weight is 348 g/mol. The number of hydrogen-bond donors (Lipinski definition) is 1. The van der Waals surface area contributed by atoms with Gasteiger partial charge in [0.2, 0.25) is 0 Å². The van der Waals surface area contributed by atoms with Crippen LogP contribution in [-0.2, 0) is 4.79 Å². The fourth-order valence-corrected chi connectivity index (χ4v) is 2.16. The van der Waals surface area contributed by atoms with E-state index in [0.29, 0.717) is 26.9 Å².